The summed E-state index contributed by atoms with van der Waals surface area (Å²) >= 11 is 11.8. The van der Waals surface area contributed by atoms with Crippen LogP contribution < -0.4 is 20.1 Å². The van der Waals surface area contributed by atoms with E-state index >= 15 is 0 Å². The highest BCUT2D eigenvalue weighted by Crippen LogP contribution is 2.32. The standard InChI is InChI=1S/C27H20Cl2F3N3O4/c1-2-38-24-11-16(6-9-23(24)39-15-25(36)34-20-7-8-21(28)22(29)13-20)10-17(14-33)26(37)35-19-5-3-4-18(12-19)27(30,31)32/h3-13H,2,15H2,1H3,(H,34,36)(H,35,37)/b17-10+. The Labute approximate surface area is 231 Å². The third kappa shape index (κ3) is 8.40. The molecule has 3 aromatic rings. The Kier molecular flexibility index (Phi) is 9.82. The van der Waals surface area contributed by atoms with Crippen molar-refractivity contribution in [3.05, 3.63) is 87.4 Å². The quantitative estimate of drug-likeness (QED) is 0.211. The summed E-state index contributed by atoms with van der Waals surface area (Å²) in [5.41, 5.74) is -0.610. The van der Waals surface area contributed by atoms with E-state index in [0.717, 1.165) is 18.2 Å². The van der Waals surface area contributed by atoms with Crippen LogP contribution >= 0.6 is 23.2 Å². The summed E-state index contributed by atoms with van der Waals surface area (Å²) < 4.78 is 50.0. The number of alkyl halides is 3. The fourth-order valence-electron chi connectivity index (χ4n) is 3.20. The molecule has 0 fully saturated rings. The summed E-state index contributed by atoms with van der Waals surface area (Å²) in [7, 11) is 0. The van der Waals surface area contributed by atoms with Gasteiger partial charge < -0.3 is 20.1 Å². The number of carbonyl (C=O) groups excluding carboxylic acids is 2. The molecule has 0 aromatic heterocycles. The number of halogens is 5. The van der Waals surface area contributed by atoms with Crippen molar-refractivity contribution in [2.45, 2.75) is 13.1 Å². The largest absolute Gasteiger partial charge is 0.490 e. The average molecular weight is 578 g/mol. The lowest BCUT2D eigenvalue weighted by Gasteiger charge is -2.13. The topological polar surface area (TPSA) is 100 Å². The third-order valence-corrected chi connectivity index (χ3v) is 5.69. The molecule has 0 aliphatic rings. The van der Waals surface area contributed by atoms with Crippen molar-refractivity contribution in [2.24, 2.45) is 0 Å². The van der Waals surface area contributed by atoms with Crippen molar-refractivity contribution < 1.29 is 32.2 Å². The molecule has 0 aliphatic carbocycles. The SMILES string of the molecule is CCOc1cc(/C=C(\C#N)C(=O)Nc2cccc(C(F)(F)F)c2)ccc1OCC(=O)Nc1ccc(Cl)c(Cl)c1. The summed E-state index contributed by atoms with van der Waals surface area (Å²) in [5, 5.41) is 15.0. The van der Waals surface area contributed by atoms with Crippen molar-refractivity contribution in [2.75, 3.05) is 23.8 Å². The molecule has 0 atom stereocenters. The van der Waals surface area contributed by atoms with E-state index in [1.165, 1.54) is 42.5 Å². The Morgan fingerprint density at radius 2 is 1.69 bits per heavy atom. The zero-order valence-electron chi connectivity index (χ0n) is 20.2. The molecule has 2 N–H and O–H groups in total. The smallest absolute Gasteiger partial charge is 0.416 e. The maximum atomic E-state index is 12.9. The van der Waals surface area contributed by atoms with E-state index in [-0.39, 0.29) is 41.0 Å². The predicted molar refractivity (Wildman–Crippen MR) is 142 cm³/mol. The van der Waals surface area contributed by atoms with Crippen molar-refractivity contribution in [1.29, 1.82) is 5.26 Å². The van der Waals surface area contributed by atoms with E-state index in [1.807, 2.05) is 0 Å². The van der Waals surface area contributed by atoms with E-state index in [9.17, 15) is 28.0 Å². The number of rotatable bonds is 9. The Bertz CT molecular complexity index is 1450. The zero-order valence-corrected chi connectivity index (χ0v) is 21.7. The third-order valence-electron chi connectivity index (χ3n) is 4.95. The van der Waals surface area contributed by atoms with Crippen LogP contribution in [0, 0.1) is 11.3 Å². The Morgan fingerprint density at radius 1 is 0.949 bits per heavy atom. The normalized spacial score (nSPS) is 11.4. The fourth-order valence-corrected chi connectivity index (χ4v) is 3.50. The number of nitrogens with one attached hydrogen (secondary N) is 2. The minimum atomic E-state index is -4.58. The molecule has 0 spiro atoms. The molecule has 0 saturated carbocycles. The van der Waals surface area contributed by atoms with E-state index < -0.39 is 23.6 Å². The molecular formula is C27H20Cl2F3N3O4. The molecule has 0 bridgehead atoms. The first-order valence-corrected chi connectivity index (χ1v) is 12.0. The molecule has 0 radical (unpaired) electrons. The molecule has 2 amide bonds. The van der Waals surface area contributed by atoms with E-state index in [2.05, 4.69) is 10.6 Å². The average Bonchev–Trinajstić information content (AvgIpc) is 2.88. The van der Waals surface area contributed by atoms with E-state index in [0.29, 0.717) is 16.3 Å². The Hall–Kier alpha value is -4.20. The van der Waals surface area contributed by atoms with Crippen LogP contribution in [0.2, 0.25) is 10.0 Å². The van der Waals surface area contributed by atoms with Gasteiger partial charge in [0.15, 0.2) is 18.1 Å². The van der Waals surface area contributed by atoms with Crippen LogP contribution in [0.15, 0.2) is 66.2 Å². The van der Waals surface area contributed by atoms with Crippen LogP contribution in [0.3, 0.4) is 0 Å². The first-order valence-electron chi connectivity index (χ1n) is 11.2. The van der Waals surface area contributed by atoms with Crippen LogP contribution in [0.4, 0.5) is 24.5 Å². The van der Waals surface area contributed by atoms with Crippen LogP contribution in [0.1, 0.15) is 18.1 Å². The monoisotopic (exact) mass is 577 g/mol. The lowest BCUT2D eigenvalue weighted by Crippen LogP contribution is -2.20. The van der Waals surface area contributed by atoms with Crippen molar-refractivity contribution in [3.63, 3.8) is 0 Å². The van der Waals surface area contributed by atoms with Gasteiger partial charge in [-0.3, -0.25) is 9.59 Å². The molecule has 0 saturated heterocycles. The molecule has 3 rings (SSSR count). The summed E-state index contributed by atoms with van der Waals surface area (Å²) in [6.45, 7) is 1.62. The fraction of sp³-hybridized carbons (Fsp3) is 0.148. The molecule has 3 aromatic carbocycles. The number of hydrogen-bond acceptors (Lipinski definition) is 5. The number of amides is 2. The lowest BCUT2D eigenvalue weighted by molar-refractivity contribution is -0.137. The molecule has 0 unspecified atom stereocenters. The van der Waals surface area contributed by atoms with Crippen molar-refractivity contribution in [1.82, 2.24) is 0 Å². The van der Waals surface area contributed by atoms with Crippen LogP contribution in [-0.2, 0) is 15.8 Å². The molecule has 202 valence electrons. The van der Waals surface area contributed by atoms with Crippen molar-refractivity contribution in [3.8, 4) is 17.6 Å². The van der Waals surface area contributed by atoms with Gasteiger partial charge in [-0.05, 0) is 67.1 Å². The number of nitrogens with zero attached hydrogens (tertiary/aromatic N) is 1. The number of hydrogen-bond donors (Lipinski definition) is 2. The number of nitriles is 1. The van der Waals surface area contributed by atoms with Gasteiger partial charge >= 0.3 is 6.18 Å². The van der Waals surface area contributed by atoms with Gasteiger partial charge in [0.05, 0.1) is 22.2 Å². The summed E-state index contributed by atoms with van der Waals surface area (Å²) in [6, 6.07) is 14.9. The van der Waals surface area contributed by atoms with Crippen molar-refractivity contribution >= 4 is 52.5 Å². The van der Waals surface area contributed by atoms with Gasteiger partial charge in [-0.1, -0.05) is 35.3 Å². The highest BCUT2D eigenvalue weighted by Gasteiger charge is 2.30. The zero-order chi connectivity index (χ0) is 28.6. The van der Waals surface area contributed by atoms with Gasteiger partial charge in [0.2, 0.25) is 0 Å². The first-order chi connectivity index (χ1) is 18.5. The Morgan fingerprint density at radius 3 is 2.36 bits per heavy atom. The molecule has 7 nitrogen and oxygen atoms in total. The number of anilines is 2. The van der Waals surface area contributed by atoms with E-state index in [4.69, 9.17) is 32.7 Å². The first kappa shape index (κ1) is 29.4. The second-order valence-corrected chi connectivity index (χ2v) is 8.62. The molecule has 39 heavy (non-hydrogen) atoms. The number of ether oxygens (including phenoxy) is 2. The maximum absolute atomic E-state index is 12.9. The molecule has 0 heterocycles. The van der Waals surface area contributed by atoms with Gasteiger partial charge in [-0.15, -0.1) is 0 Å². The van der Waals surface area contributed by atoms with E-state index in [1.54, 1.807) is 19.1 Å². The van der Waals surface area contributed by atoms with Gasteiger partial charge in [-0.2, -0.15) is 18.4 Å². The van der Waals surface area contributed by atoms with Crippen LogP contribution in [0.25, 0.3) is 6.08 Å². The minimum Gasteiger partial charge on any atom is -0.490 e. The number of benzene rings is 3. The molecule has 0 aliphatic heterocycles. The molecule has 12 heteroatoms. The summed E-state index contributed by atoms with van der Waals surface area (Å²) in [6.07, 6.45) is -3.34. The highest BCUT2D eigenvalue weighted by molar-refractivity contribution is 6.42. The lowest BCUT2D eigenvalue weighted by atomic mass is 10.1. The van der Waals surface area contributed by atoms with Gasteiger partial charge in [0, 0.05) is 11.4 Å². The van der Waals surface area contributed by atoms with Gasteiger partial charge in [0.1, 0.15) is 11.6 Å². The predicted octanol–water partition coefficient (Wildman–Crippen LogP) is 6.97. The second-order valence-electron chi connectivity index (χ2n) is 7.81. The van der Waals surface area contributed by atoms with Crippen LogP contribution in [-0.4, -0.2) is 25.0 Å². The second kappa shape index (κ2) is 13.0. The maximum Gasteiger partial charge on any atom is 0.416 e. The van der Waals surface area contributed by atoms with Gasteiger partial charge in [-0.25, -0.2) is 0 Å². The summed E-state index contributed by atoms with van der Waals surface area (Å²) in [4.78, 5) is 24.9. The van der Waals surface area contributed by atoms with Crippen LogP contribution in [0.5, 0.6) is 11.5 Å². The summed E-state index contributed by atoms with van der Waals surface area (Å²) in [5.74, 6) is -0.902. The van der Waals surface area contributed by atoms with Gasteiger partial charge in [0.25, 0.3) is 11.8 Å². The highest BCUT2D eigenvalue weighted by atomic mass is 35.5. The minimum absolute atomic E-state index is 0.117. The Balaban J connectivity index is 1.72. The molecular weight excluding hydrogens is 558 g/mol. The number of carbonyl (C=O) groups is 2.